The first kappa shape index (κ1) is 26.4. The Labute approximate surface area is 225 Å². The molecule has 0 fully saturated rings. The predicted octanol–water partition coefficient (Wildman–Crippen LogP) is 5.82. The second-order valence-electron chi connectivity index (χ2n) is 8.85. The van der Waals surface area contributed by atoms with Gasteiger partial charge in [-0.15, -0.1) is 10.2 Å². The van der Waals surface area contributed by atoms with Crippen molar-refractivity contribution >= 4 is 40.9 Å². The van der Waals surface area contributed by atoms with Gasteiger partial charge in [-0.1, -0.05) is 47.6 Å². The third-order valence-electron chi connectivity index (χ3n) is 5.94. The van der Waals surface area contributed by atoms with Crippen LogP contribution in [0.4, 0.5) is 5.69 Å². The molecule has 2 N–H and O–H groups in total. The highest BCUT2D eigenvalue weighted by atomic mass is 35.5. The molecule has 0 atom stereocenters. The highest BCUT2D eigenvalue weighted by Gasteiger charge is 2.18. The van der Waals surface area contributed by atoms with Gasteiger partial charge in [0.15, 0.2) is 11.0 Å². The van der Waals surface area contributed by atoms with E-state index in [9.17, 15) is 9.59 Å². The molecule has 0 saturated heterocycles. The van der Waals surface area contributed by atoms with Gasteiger partial charge in [0.05, 0.1) is 18.0 Å². The molecule has 2 amide bonds. The van der Waals surface area contributed by atoms with Gasteiger partial charge < -0.3 is 10.6 Å². The monoisotopic (exact) mass is 533 g/mol. The van der Waals surface area contributed by atoms with E-state index in [4.69, 9.17) is 11.6 Å². The molecule has 0 aliphatic rings. The number of hydrogen-bond acceptors (Lipinski definition) is 5. The van der Waals surface area contributed by atoms with Crippen LogP contribution >= 0.6 is 23.4 Å². The smallest absolute Gasteiger partial charge is 0.251 e. The molecule has 0 spiro atoms. The summed E-state index contributed by atoms with van der Waals surface area (Å²) < 4.78 is 1.81. The number of nitrogens with one attached hydrogen (secondary N) is 2. The van der Waals surface area contributed by atoms with Crippen molar-refractivity contribution in [2.75, 3.05) is 11.1 Å². The van der Waals surface area contributed by atoms with Crippen LogP contribution in [0.2, 0.25) is 5.02 Å². The average molecular weight is 534 g/mol. The van der Waals surface area contributed by atoms with Crippen molar-refractivity contribution in [3.05, 3.63) is 99.3 Å². The van der Waals surface area contributed by atoms with E-state index in [1.165, 1.54) is 11.8 Å². The van der Waals surface area contributed by atoms with Gasteiger partial charge in [-0.2, -0.15) is 0 Å². The minimum Gasteiger partial charge on any atom is -0.345 e. The number of aryl methyl sites for hydroxylation is 4. The van der Waals surface area contributed by atoms with E-state index >= 15 is 0 Å². The Bertz CT molecular complexity index is 1470. The van der Waals surface area contributed by atoms with Gasteiger partial charge in [0, 0.05) is 16.3 Å². The maximum Gasteiger partial charge on any atom is 0.251 e. The molecule has 0 aliphatic heterocycles. The van der Waals surface area contributed by atoms with Crippen molar-refractivity contribution in [1.29, 1.82) is 0 Å². The molecule has 4 aromatic rings. The SMILES string of the molecule is Cc1ccc(C)c(NC(=O)CSc2nnc(CNC(=O)c3ccc(C)c(C)c3)n2-c2cccc(Cl)c2)c1. The third kappa shape index (κ3) is 6.58. The molecule has 9 heteroatoms. The number of rotatable bonds is 8. The van der Waals surface area contributed by atoms with E-state index in [-0.39, 0.29) is 24.1 Å². The van der Waals surface area contributed by atoms with Crippen molar-refractivity contribution in [3.63, 3.8) is 0 Å². The Balaban J connectivity index is 1.52. The van der Waals surface area contributed by atoms with Gasteiger partial charge in [-0.05, 0) is 86.3 Å². The summed E-state index contributed by atoms with van der Waals surface area (Å²) in [6.07, 6.45) is 0. The van der Waals surface area contributed by atoms with Crippen LogP contribution in [-0.2, 0) is 11.3 Å². The number of amides is 2. The van der Waals surface area contributed by atoms with E-state index in [1.807, 2.05) is 74.7 Å². The summed E-state index contributed by atoms with van der Waals surface area (Å²) in [4.78, 5) is 25.5. The largest absolute Gasteiger partial charge is 0.345 e. The quantitative estimate of drug-likeness (QED) is 0.279. The average Bonchev–Trinajstić information content (AvgIpc) is 3.28. The molecule has 190 valence electrons. The first-order valence-corrected chi connectivity index (χ1v) is 13.1. The number of benzene rings is 3. The summed E-state index contributed by atoms with van der Waals surface area (Å²) in [6, 6.07) is 18.8. The maximum absolute atomic E-state index is 12.8. The van der Waals surface area contributed by atoms with E-state index in [1.54, 1.807) is 18.2 Å². The minimum atomic E-state index is -0.203. The standard InChI is InChI=1S/C28H28ClN5O2S/c1-17-8-9-19(3)24(12-17)31-26(35)16-37-28-33-32-25(34(28)23-7-5-6-22(29)14-23)15-30-27(36)21-11-10-18(2)20(4)13-21/h5-14H,15-16H2,1-4H3,(H,30,36)(H,31,35). The molecule has 0 bridgehead atoms. The number of carbonyl (C=O) groups is 2. The zero-order valence-electron chi connectivity index (χ0n) is 21.1. The fourth-order valence-electron chi connectivity index (χ4n) is 3.71. The highest BCUT2D eigenvalue weighted by Crippen LogP contribution is 2.25. The molecule has 0 radical (unpaired) electrons. The molecule has 3 aromatic carbocycles. The fraction of sp³-hybridized carbons (Fsp3) is 0.214. The Kier molecular flexibility index (Phi) is 8.31. The Morgan fingerprint density at radius 1 is 0.919 bits per heavy atom. The van der Waals surface area contributed by atoms with Gasteiger partial charge in [-0.3, -0.25) is 14.2 Å². The number of carbonyl (C=O) groups excluding carboxylic acids is 2. The molecular weight excluding hydrogens is 506 g/mol. The molecule has 1 heterocycles. The third-order valence-corrected chi connectivity index (χ3v) is 7.11. The molecule has 7 nitrogen and oxygen atoms in total. The first-order chi connectivity index (χ1) is 17.7. The normalized spacial score (nSPS) is 10.8. The van der Waals surface area contributed by atoms with Crippen molar-refractivity contribution in [2.45, 2.75) is 39.4 Å². The number of anilines is 1. The predicted molar refractivity (Wildman–Crippen MR) is 149 cm³/mol. The fourth-order valence-corrected chi connectivity index (χ4v) is 4.67. The van der Waals surface area contributed by atoms with Crippen LogP contribution in [0, 0.1) is 27.7 Å². The Morgan fingerprint density at radius 3 is 2.46 bits per heavy atom. The van der Waals surface area contributed by atoms with Crippen LogP contribution in [-0.4, -0.2) is 32.3 Å². The second kappa shape index (κ2) is 11.6. The summed E-state index contributed by atoms with van der Waals surface area (Å²) in [5.41, 5.74) is 6.35. The van der Waals surface area contributed by atoms with Gasteiger partial charge in [0.2, 0.25) is 5.91 Å². The summed E-state index contributed by atoms with van der Waals surface area (Å²) in [7, 11) is 0. The molecular formula is C28H28ClN5O2S. The lowest BCUT2D eigenvalue weighted by atomic mass is 10.1. The van der Waals surface area contributed by atoms with Crippen molar-refractivity contribution < 1.29 is 9.59 Å². The summed E-state index contributed by atoms with van der Waals surface area (Å²) in [6.45, 7) is 8.07. The summed E-state index contributed by atoms with van der Waals surface area (Å²) in [5.74, 6) is 0.313. The Hall–Kier alpha value is -3.62. The van der Waals surface area contributed by atoms with Gasteiger partial charge >= 0.3 is 0 Å². The minimum absolute atomic E-state index is 0.140. The summed E-state index contributed by atoms with van der Waals surface area (Å²) in [5, 5.41) is 15.6. The van der Waals surface area contributed by atoms with Crippen LogP contribution in [0.1, 0.15) is 38.4 Å². The lowest BCUT2D eigenvalue weighted by molar-refractivity contribution is -0.113. The van der Waals surface area contributed by atoms with Crippen LogP contribution in [0.5, 0.6) is 0 Å². The second-order valence-corrected chi connectivity index (χ2v) is 10.2. The lowest BCUT2D eigenvalue weighted by Gasteiger charge is -2.12. The van der Waals surface area contributed by atoms with Gasteiger partial charge in [0.25, 0.3) is 5.91 Å². The zero-order chi connectivity index (χ0) is 26.5. The van der Waals surface area contributed by atoms with Crippen LogP contribution < -0.4 is 10.6 Å². The maximum atomic E-state index is 12.8. The van der Waals surface area contributed by atoms with Gasteiger partial charge in [0.1, 0.15) is 0 Å². The molecule has 1 aromatic heterocycles. The zero-order valence-corrected chi connectivity index (χ0v) is 22.7. The molecule has 0 aliphatic carbocycles. The van der Waals surface area contributed by atoms with E-state index in [0.717, 1.165) is 33.6 Å². The number of aromatic nitrogens is 3. The van der Waals surface area contributed by atoms with Crippen LogP contribution in [0.15, 0.2) is 65.8 Å². The van der Waals surface area contributed by atoms with Crippen LogP contribution in [0.25, 0.3) is 5.69 Å². The topological polar surface area (TPSA) is 88.9 Å². The van der Waals surface area contributed by atoms with Crippen molar-refractivity contribution in [1.82, 2.24) is 20.1 Å². The highest BCUT2D eigenvalue weighted by molar-refractivity contribution is 7.99. The number of nitrogens with zero attached hydrogens (tertiary/aromatic N) is 3. The van der Waals surface area contributed by atoms with E-state index < -0.39 is 0 Å². The van der Waals surface area contributed by atoms with E-state index in [2.05, 4.69) is 20.8 Å². The van der Waals surface area contributed by atoms with Crippen molar-refractivity contribution in [2.24, 2.45) is 0 Å². The van der Waals surface area contributed by atoms with E-state index in [0.29, 0.717) is 21.6 Å². The molecule has 4 rings (SSSR count). The number of thioether (sulfide) groups is 1. The number of hydrogen-bond donors (Lipinski definition) is 2. The Morgan fingerprint density at radius 2 is 1.70 bits per heavy atom. The lowest BCUT2D eigenvalue weighted by Crippen LogP contribution is -2.24. The summed E-state index contributed by atoms with van der Waals surface area (Å²) >= 11 is 7.51. The first-order valence-electron chi connectivity index (χ1n) is 11.8. The molecule has 0 saturated carbocycles. The number of halogens is 1. The van der Waals surface area contributed by atoms with Crippen LogP contribution in [0.3, 0.4) is 0 Å². The van der Waals surface area contributed by atoms with Gasteiger partial charge in [-0.25, -0.2) is 0 Å². The molecule has 37 heavy (non-hydrogen) atoms. The molecule has 0 unspecified atom stereocenters. The van der Waals surface area contributed by atoms with Crippen molar-refractivity contribution in [3.8, 4) is 5.69 Å².